The number of guanidine groups is 1. The summed E-state index contributed by atoms with van der Waals surface area (Å²) in [5.41, 5.74) is 6.59. The van der Waals surface area contributed by atoms with Gasteiger partial charge in [-0.1, -0.05) is 23.8 Å². The molecule has 0 aliphatic carbocycles. The molecule has 0 aromatic heterocycles. The van der Waals surface area contributed by atoms with Crippen LogP contribution in [-0.2, 0) is 10.0 Å². The molecule has 1 aromatic carbocycles. The Morgan fingerprint density at radius 3 is 2.50 bits per heavy atom. The molecule has 1 aromatic rings. The molecule has 5 nitrogen and oxygen atoms in total. The van der Waals surface area contributed by atoms with E-state index in [0.29, 0.717) is 6.54 Å². The van der Waals surface area contributed by atoms with Crippen LogP contribution >= 0.6 is 0 Å². The van der Waals surface area contributed by atoms with Crippen LogP contribution in [0, 0.1) is 6.92 Å². The van der Waals surface area contributed by atoms with E-state index in [1.165, 1.54) is 17.0 Å². The van der Waals surface area contributed by atoms with Crippen LogP contribution in [0.3, 0.4) is 0 Å². The van der Waals surface area contributed by atoms with Crippen molar-refractivity contribution in [1.82, 2.24) is 4.90 Å². The Kier molecular flexibility index (Phi) is 4.49. The molecule has 0 atom stereocenters. The van der Waals surface area contributed by atoms with Crippen molar-refractivity contribution >= 4 is 16.0 Å². The molecule has 18 heavy (non-hydrogen) atoms. The lowest BCUT2D eigenvalue weighted by Gasteiger charge is -2.14. The van der Waals surface area contributed by atoms with Gasteiger partial charge in [-0.05, 0) is 19.1 Å². The van der Waals surface area contributed by atoms with E-state index in [0.717, 1.165) is 5.56 Å². The third-order valence-electron chi connectivity index (χ3n) is 2.33. The van der Waals surface area contributed by atoms with Gasteiger partial charge in [-0.3, -0.25) is 0 Å². The Labute approximate surface area is 108 Å². The van der Waals surface area contributed by atoms with E-state index in [2.05, 4.69) is 11.0 Å². The van der Waals surface area contributed by atoms with Crippen LogP contribution < -0.4 is 5.73 Å². The number of aryl methyl sites for hydroxylation is 1. The molecular formula is C12H17N3O2S. The van der Waals surface area contributed by atoms with Crippen molar-refractivity contribution in [2.24, 2.45) is 10.1 Å². The number of benzene rings is 1. The molecule has 6 heteroatoms. The first-order valence-corrected chi connectivity index (χ1v) is 6.80. The summed E-state index contributed by atoms with van der Waals surface area (Å²) >= 11 is 0. The zero-order chi connectivity index (χ0) is 13.8. The third-order valence-corrected chi connectivity index (χ3v) is 3.62. The Morgan fingerprint density at radius 1 is 1.44 bits per heavy atom. The van der Waals surface area contributed by atoms with Crippen LogP contribution in [-0.4, -0.2) is 32.9 Å². The maximum Gasteiger partial charge on any atom is 0.285 e. The standard InChI is InChI=1S/C12H17N3O2S/c1-4-9-15(3)12(13)14-18(16,17)11-7-5-10(2)6-8-11/h4-8H,1,9H2,2-3H3,(H2,13,14). The summed E-state index contributed by atoms with van der Waals surface area (Å²) in [5, 5.41) is 0. The van der Waals surface area contributed by atoms with E-state index in [1.807, 2.05) is 6.92 Å². The van der Waals surface area contributed by atoms with Gasteiger partial charge in [-0.2, -0.15) is 8.42 Å². The topological polar surface area (TPSA) is 75.8 Å². The van der Waals surface area contributed by atoms with Gasteiger partial charge < -0.3 is 10.6 Å². The summed E-state index contributed by atoms with van der Waals surface area (Å²) in [6.07, 6.45) is 1.61. The number of hydrogen-bond donors (Lipinski definition) is 1. The fourth-order valence-corrected chi connectivity index (χ4v) is 2.21. The van der Waals surface area contributed by atoms with Gasteiger partial charge >= 0.3 is 0 Å². The van der Waals surface area contributed by atoms with E-state index in [4.69, 9.17) is 5.73 Å². The van der Waals surface area contributed by atoms with Crippen LogP contribution in [0.2, 0.25) is 0 Å². The van der Waals surface area contributed by atoms with Crippen LogP contribution in [0.5, 0.6) is 0 Å². The second-order valence-corrected chi connectivity index (χ2v) is 5.51. The van der Waals surface area contributed by atoms with Crippen molar-refractivity contribution in [3.8, 4) is 0 Å². The Balaban J connectivity index is 3.04. The van der Waals surface area contributed by atoms with Gasteiger partial charge in [0.1, 0.15) is 0 Å². The third kappa shape index (κ3) is 3.59. The summed E-state index contributed by atoms with van der Waals surface area (Å²) in [5.74, 6) is -0.0597. The normalized spacial score (nSPS) is 12.2. The summed E-state index contributed by atoms with van der Waals surface area (Å²) in [6.45, 7) is 5.86. The SMILES string of the molecule is C=CCN(C)/C(N)=N\S(=O)(=O)c1ccc(C)cc1. The lowest BCUT2D eigenvalue weighted by atomic mass is 10.2. The molecule has 0 heterocycles. The fraction of sp³-hybridized carbons (Fsp3) is 0.250. The number of sulfonamides is 1. The largest absolute Gasteiger partial charge is 0.369 e. The van der Waals surface area contributed by atoms with Gasteiger partial charge in [0.15, 0.2) is 0 Å². The smallest absolute Gasteiger partial charge is 0.285 e. The molecule has 0 bridgehead atoms. The summed E-state index contributed by atoms with van der Waals surface area (Å²) in [6, 6.07) is 6.45. The minimum absolute atomic E-state index is 0.0597. The fourth-order valence-electron chi connectivity index (χ4n) is 1.24. The lowest BCUT2D eigenvalue weighted by Crippen LogP contribution is -2.34. The Bertz CT molecular complexity index is 547. The zero-order valence-corrected chi connectivity index (χ0v) is 11.3. The van der Waals surface area contributed by atoms with Crippen molar-refractivity contribution in [3.63, 3.8) is 0 Å². The minimum Gasteiger partial charge on any atom is -0.369 e. The first kappa shape index (κ1) is 14.2. The number of rotatable bonds is 4. The van der Waals surface area contributed by atoms with Gasteiger partial charge in [0, 0.05) is 13.6 Å². The molecule has 0 amide bonds. The van der Waals surface area contributed by atoms with Crippen molar-refractivity contribution in [1.29, 1.82) is 0 Å². The van der Waals surface area contributed by atoms with E-state index >= 15 is 0 Å². The first-order chi connectivity index (χ1) is 8.36. The van der Waals surface area contributed by atoms with Crippen molar-refractivity contribution in [3.05, 3.63) is 42.5 Å². The molecule has 2 N–H and O–H groups in total. The molecule has 0 unspecified atom stereocenters. The highest BCUT2D eigenvalue weighted by Gasteiger charge is 2.14. The minimum atomic E-state index is -3.75. The summed E-state index contributed by atoms with van der Waals surface area (Å²) in [4.78, 5) is 1.63. The first-order valence-electron chi connectivity index (χ1n) is 5.36. The average Bonchev–Trinajstić information content (AvgIpc) is 2.29. The molecule has 0 saturated heterocycles. The highest BCUT2D eigenvalue weighted by Crippen LogP contribution is 2.13. The molecule has 0 radical (unpaired) electrons. The molecule has 0 aliphatic heterocycles. The van der Waals surface area contributed by atoms with Crippen molar-refractivity contribution in [2.45, 2.75) is 11.8 Å². The number of likely N-dealkylation sites (N-methyl/N-ethyl adjacent to an activating group) is 1. The average molecular weight is 267 g/mol. The predicted molar refractivity (Wildman–Crippen MR) is 72.8 cm³/mol. The van der Waals surface area contributed by atoms with Gasteiger partial charge in [0.2, 0.25) is 5.96 Å². The second kappa shape index (κ2) is 5.68. The molecular weight excluding hydrogens is 250 g/mol. The molecule has 98 valence electrons. The second-order valence-electron chi connectivity index (χ2n) is 3.91. The maximum absolute atomic E-state index is 11.9. The van der Waals surface area contributed by atoms with Gasteiger partial charge in [0.05, 0.1) is 4.90 Å². The monoisotopic (exact) mass is 267 g/mol. The Morgan fingerprint density at radius 2 is 2.00 bits per heavy atom. The van der Waals surface area contributed by atoms with Gasteiger partial charge in [-0.15, -0.1) is 11.0 Å². The highest BCUT2D eigenvalue weighted by molar-refractivity contribution is 7.90. The van der Waals surface area contributed by atoms with Crippen LogP contribution in [0.25, 0.3) is 0 Å². The van der Waals surface area contributed by atoms with Crippen LogP contribution in [0.4, 0.5) is 0 Å². The maximum atomic E-state index is 11.9. The van der Waals surface area contributed by atoms with Crippen LogP contribution in [0.15, 0.2) is 46.2 Å². The molecule has 0 aliphatic rings. The number of nitrogens with two attached hydrogens (primary N) is 1. The number of nitrogens with zero attached hydrogens (tertiary/aromatic N) is 2. The molecule has 0 spiro atoms. The lowest BCUT2D eigenvalue weighted by molar-refractivity contribution is 0.555. The van der Waals surface area contributed by atoms with Crippen molar-refractivity contribution in [2.75, 3.05) is 13.6 Å². The predicted octanol–water partition coefficient (Wildman–Crippen LogP) is 1.12. The van der Waals surface area contributed by atoms with E-state index in [-0.39, 0.29) is 10.9 Å². The van der Waals surface area contributed by atoms with Gasteiger partial charge in [-0.25, -0.2) is 0 Å². The Hall–Kier alpha value is -1.82. The zero-order valence-electron chi connectivity index (χ0n) is 10.5. The van der Waals surface area contributed by atoms with E-state index in [9.17, 15) is 8.42 Å². The molecule has 1 rings (SSSR count). The van der Waals surface area contributed by atoms with Crippen LogP contribution in [0.1, 0.15) is 5.56 Å². The summed E-state index contributed by atoms with van der Waals surface area (Å²) in [7, 11) is -2.11. The number of hydrogen-bond acceptors (Lipinski definition) is 2. The molecule has 0 fully saturated rings. The van der Waals surface area contributed by atoms with Crippen molar-refractivity contribution < 1.29 is 8.42 Å². The van der Waals surface area contributed by atoms with Gasteiger partial charge in [0.25, 0.3) is 10.0 Å². The van der Waals surface area contributed by atoms with E-state index in [1.54, 1.807) is 25.3 Å². The molecule has 0 saturated carbocycles. The quantitative estimate of drug-likeness (QED) is 0.504. The summed E-state index contributed by atoms with van der Waals surface area (Å²) < 4.78 is 27.5. The highest BCUT2D eigenvalue weighted by atomic mass is 32.2. The van der Waals surface area contributed by atoms with E-state index < -0.39 is 10.0 Å².